The van der Waals surface area contributed by atoms with Gasteiger partial charge in [-0.15, -0.1) is 0 Å². The zero-order valence-corrected chi connectivity index (χ0v) is 32.0. The molecule has 0 aromatic heterocycles. The van der Waals surface area contributed by atoms with Gasteiger partial charge in [-0.1, -0.05) is 129 Å². The average Bonchev–Trinajstić information content (AvgIpc) is 3.53. The molecule has 3 atom stereocenters. The summed E-state index contributed by atoms with van der Waals surface area (Å²) in [5.74, 6) is -1.87. The summed E-state index contributed by atoms with van der Waals surface area (Å²) >= 11 is 0. The van der Waals surface area contributed by atoms with E-state index < -0.39 is 41.2 Å². The fourth-order valence-corrected chi connectivity index (χ4v) is 5.83. The van der Waals surface area contributed by atoms with E-state index in [9.17, 15) is 28.8 Å². The molecule has 0 radical (unpaired) electrons. The molecule has 0 spiro atoms. The quantitative estimate of drug-likeness (QED) is 0.124. The molecule has 0 bridgehead atoms. The summed E-state index contributed by atoms with van der Waals surface area (Å²) < 4.78 is 5.14. The highest BCUT2D eigenvalue weighted by molar-refractivity contribution is 6.37. The number of nitrogens with one attached hydrogen (secondary N) is 3. The standard InChI is InChI=1S/C21H31N3O4.C9H14N2O3.C6H12.C3H8/c1-15-9-8-12-24(15)19(26)18(21(2,3)4)23-20(27)22-13-17(25)28-14-16-10-6-5-7-11-16;10-9(14)8(13)7(11-5-12)4-6-2-1-3-6;1-2-4-6-5-3-1;1-3-2/h5-7,10-11,15,18H,8-9,12-14H2,1-4H3,(H2,22,23,27);5-7H,1-4H2,(H2,10,14)(H,11,12);1-6H2;3H2,1-2H3. The SMILES string of the molecule is C1CCCCC1.CC1CCCN1C(=O)C(NC(=O)NCC(=O)OCc1ccccc1)C(C)(C)C.CCC.NC(=O)C(=O)C(CC1CCC1)NC=O. The third-order valence-corrected chi connectivity index (χ3v) is 8.98. The Labute approximate surface area is 305 Å². The molecule has 3 fully saturated rings. The van der Waals surface area contributed by atoms with E-state index in [-0.39, 0.29) is 25.1 Å². The Balaban J connectivity index is 0.000000463. The van der Waals surface area contributed by atoms with E-state index >= 15 is 0 Å². The van der Waals surface area contributed by atoms with Crippen molar-refractivity contribution in [3.05, 3.63) is 35.9 Å². The van der Waals surface area contributed by atoms with Gasteiger partial charge >= 0.3 is 12.0 Å². The summed E-state index contributed by atoms with van der Waals surface area (Å²) in [7, 11) is 0. The van der Waals surface area contributed by atoms with Crippen molar-refractivity contribution in [2.75, 3.05) is 13.1 Å². The fraction of sp³-hybridized carbons (Fsp3) is 0.692. The second kappa shape index (κ2) is 25.1. The molecule has 1 aromatic rings. The smallest absolute Gasteiger partial charge is 0.325 e. The van der Waals surface area contributed by atoms with Crippen LogP contribution in [0.3, 0.4) is 0 Å². The van der Waals surface area contributed by atoms with Gasteiger partial charge in [0.15, 0.2) is 0 Å². The van der Waals surface area contributed by atoms with Gasteiger partial charge in [0.1, 0.15) is 19.2 Å². The van der Waals surface area contributed by atoms with Gasteiger partial charge in [0, 0.05) is 12.6 Å². The number of likely N-dealkylation sites (tertiary alicyclic amines) is 1. The monoisotopic (exact) mass is 715 g/mol. The minimum absolute atomic E-state index is 0.0840. The molecule has 1 aliphatic heterocycles. The molecule has 3 aliphatic rings. The van der Waals surface area contributed by atoms with E-state index in [0.717, 1.165) is 37.7 Å². The first-order valence-corrected chi connectivity index (χ1v) is 18.8. The number of esters is 1. The minimum Gasteiger partial charge on any atom is -0.460 e. The van der Waals surface area contributed by atoms with Gasteiger partial charge in [0.2, 0.25) is 18.1 Å². The van der Waals surface area contributed by atoms with E-state index in [2.05, 4.69) is 29.8 Å². The molecule has 12 heteroatoms. The number of Topliss-reactive ketones (excluding diaryl/α,β-unsaturated/α-hetero) is 1. The first kappa shape index (κ1) is 45.1. The molecule has 1 saturated heterocycles. The van der Waals surface area contributed by atoms with Gasteiger partial charge in [-0.25, -0.2) is 4.79 Å². The molecule has 51 heavy (non-hydrogen) atoms. The molecule has 2 aliphatic carbocycles. The van der Waals surface area contributed by atoms with Gasteiger partial charge in [0.05, 0.1) is 6.04 Å². The largest absolute Gasteiger partial charge is 0.460 e. The summed E-state index contributed by atoms with van der Waals surface area (Å²) in [5, 5.41) is 7.55. The van der Waals surface area contributed by atoms with Crippen LogP contribution in [0.2, 0.25) is 0 Å². The second-order valence-corrected chi connectivity index (χ2v) is 14.7. The van der Waals surface area contributed by atoms with Crippen LogP contribution < -0.4 is 21.7 Å². The van der Waals surface area contributed by atoms with Crippen LogP contribution in [0.5, 0.6) is 0 Å². The molecule has 5 N–H and O–H groups in total. The lowest BCUT2D eigenvalue weighted by atomic mass is 9.80. The third kappa shape index (κ3) is 18.7. The van der Waals surface area contributed by atoms with Crippen LogP contribution in [0.1, 0.15) is 131 Å². The fourth-order valence-electron chi connectivity index (χ4n) is 5.83. The number of carbonyl (C=O) groups excluding carboxylic acids is 6. The van der Waals surface area contributed by atoms with Crippen LogP contribution in [-0.4, -0.2) is 72.1 Å². The Morgan fingerprint density at radius 2 is 1.49 bits per heavy atom. The van der Waals surface area contributed by atoms with E-state index in [1.807, 2.05) is 62.9 Å². The van der Waals surface area contributed by atoms with Crippen LogP contribution in [0.25, 0.3) is 0 Å². The maximum absolute atomic E-state index is 12.9. The molecule has 2 saturated carbocycles. The Hall–Kier alpha value is -3.96. The number of hydrogen-bond donors (Lipinski definition) is 4. The molecule has 1 aromatic carbocycles. The number of nitrogens with two attached hydrogens (primary N) is 1. The van der Waals surface area contributed by atoms with Gasteiger partial charge in [-0.3, -0.25) is 24.0 Å². The Bertz CT molecular complexity index is 1180. The van der Waals surface area contributed by atoms with Gasteiger partial charge in [0.25, 0.3) is 5.91 Å². The summed E-state index contributed by atoms with van der Waals surface area (Å²) in [6, 6.07) is 7.53. The number of carbonyl (C=O) groups is 6. The summed E-state index contributed by atoms with van der Waals surface area (Å²) in [4.78, 5) is 70.9. The Morgan fingerprint density at radius 3 is 1.92 bits per heavy atom. The van der Waals surface area contributed by atoms with Gasteiger partial charge < -0.3 is 31.3 Å². The van der Waals surface area contributed by atoms with Crippen molar-refractivity contribution in [2.45, 2.75) is 150 Å². The number of hydrogen-bond acceptors (Lipinski definition) is 7. The second-order valence-electron chi connectivity index (χ2n) is 14.7. The topological polar surface area (TPSA) is 177 Å². The third-order valence-electron chi connectivity index (χ3n) is 8.98. The highest BCUT2D eigenvalue weighted by atomic mass is 16.5. The first-order valence-electron chi connectivity index (χ1n) is 18.8. The summed E-state index contributed by atoms with van der Waals surface area (Å²) in [6.45, 7) is 12.6. The van der Waals surface area contributed by atoms with Crippen molar-refractivity contribution in [2.24, 2.45) is 17.1 Å². The summed E-state index contributed by atoms with van der Waals surface area (Å²) in [6.07, 6.45) is 16.4. The van der Waals surface area contributed by atoms with Crippen molar-refractivity contribution in [1.82, 2.24) is 20.9 Å². The van der Waals surface area contributed by atoms with Crippen LogP contribution in [0, 0.1) is 11.3 Å². The molecule has 5 amide bonds. The number of urea groups is 1. The van der Waals surface area contributed by atoms with E-state index in [0.29, 0.717) is 25.3 Å². The van der Waals surface area contributed by atoms with Crippen LogP contribution >= 0.6 is 0 Å². The summed E-state index contributed by atoms with van der Waals surface area (Å²) in [5.41, 5.74) is 5.28. The number of rotatable bonds is 12. The van der Waals surface area contributed by atoms with Crippen LogP contribution in [0.15, 0.2) is 30.3 Å². The van der Waals surface area contributed by atoms with Crippen molar-refractivity contribution in [3.8, 4) is 0 Å². The van der Waals surface area contributed by atoms with Gasteiger partial charge in [-0.2, -0.15) is 0 Å². The molecular weight excluding hydrogens is 650 g/mol. The number of ether oxygens (including phenoxy) is 1. The highest BCUT2D eigenvalue weighted by Crippen LogP contribution is 2.30. The number of nitrogens with zero attached hydrogens (tertiary/aromatic N) is 1. The number of ketones is 1. The predicted octanol–water partition coefficient (Wildman–Crippen LogP) is 5.56. The van der Waals surface area contributed by atoms with Crippen molar-refractivity contribution in [1.29, 1.82) is 0 Å². The minimum atomic E-state index is -0.983. The zero-order valence-electron chi connectivity index (χ0n) is 32.0. The Morgan fingerprint density at radius 1 is 0.922 bits per heavy atom. The van der Waals surface area contributed by atoms with Crippen molar-refractivity contribution < 1.29 is 33.5 Å². The highest BCUT2D eigenvalue weighted by Gasteiger charge is 2.38. The average molecular weight is 716 g/mol. The predicted molar refractivity (Wildman–Crippen MR) is 199 cm³/mol. The normalized spacial score (nSPS) is 17.8. The van der Waals surface area contributed by atoms with E-state index in [4.69, 9.17) is 10.5 Å². The number of amides is 5. The van der Waals surface area contributed by atoms with Crippen LogP contribution in [0.4, 0.5) is 4.79 Å². The van der Waals surface area contributed by atoms with Crippen molar-refractivity contribution >= 4 is 36.0 Å². The lowest BCUT2D eigenvalue weighted by molar-refractivity contribution is -0.143. The lowest BCUT2D eigenvalue weighted by Gasteiger charge is -2.35. The Kier molecular flexibility index (Phi) is 22.1. The molecular formula is C39H65N5O7. The van der Waals surface area contributed by atoms with Crippen molar-refractivity contribution in [3.63, 3.8) is 0 Å². The number of primary amides is 1. The lowest BCUT2D eigenvalue weighted by Crippen LogP contribution is -2.57. The maximum Gasteiger partial charge on any atom is 0.325 e. The van der Waals surface area contributed by atoms with E-state index in [1.54, 1.807) is 0 Å². The molecule has 4 rings (SSSR count). The van der Waals surface area contributed by atoms with Gasteiger partial charge in [-0.05, 0) is 43.1 Å². The maximum atomic E-state index is 12.9. The first-order chi connectivity index (χ1) is 24.2. The molecule has 3 unspecified atom stereocenters. The van der Waals surface area contributed by atoms with Crippen LogP contribution in [-0.2, 0) is 35.3 Å². The molecule has 12 nitrogen and oxygen atoms in total. The number of benzene rings is 1. The zero-order chi connectivity index (χ0) is 38.2. The van der Waals surface area contributed by atoms with E-state index in [1.165, 1.54) is 44.9 Å². The molecule has 1 heterocycles. The molecule has 288 valence electrons.